The van der Waals surface area contributed by atoms with E-state index in [0.717, 1.165) is 28.7 Å². The van der Waals surface area contributed by atoms with Crippen molar-refractivity contribution < 1.29 is 23.8 Å². The van der Waals surface area contributed by atoms with Crippen molar-refractivity contribution in [2.75, 3.05) is 13.7 Å². The number of methoxy groups -OCH3 is 1. The Bertz CT molecular complexity index is 1350. The fourth-order valence-electron chi connectivity index (χ4n) is 4.26. The Morgan fingerprint density at radius 2 is 2.12 bits per heavy atom. The molecule has 0 aliphatic carbocycles. The number of hydrogen-bond donors (Lipinski definition) is 1. The molecule has 8 nitrogen and oxygen atoms in total. The van der Waals surface area contributed by atoms with E-state index in [0.29, 0.717) is 18.7 Å². The van der Waals surface area contributed by atoms with Crippen molar-refractivity contribution in [3.05, 3.63) is 76.6 Å². The average Bonchev–Trinajstić information content (AvgIpc) is 3.39. The number of allylic oxidation sites excluding steroid dienone is 1. The number of ketones is 1. The molecule has 0 saturated heterocycles. The molecule has 174 valence electrons. The van der Waals surface area contributed by atoms with Crippen molar-refractivity contribution in [2.45, 2.75) is 32.9 Å². The number of H-pyrrole nitrogens is 1. The van der Waals surface area contributed by atoms with E-state index in [9.17, 15) is 9.59 Å². The Hall–Kier alpha value is -4.07. The highest BCUT2D eigenvalue weighted by atomic mass is 16.6. The second kappa shape index (κ2) is 8.70. The maximum absolute atomic E-state index is 13.4. The number of pyridine rings is 1. The van der Waals surface area contributed by atoms with Crippen LogP contribution in [0.5, 0.6) is 5.75 Å². The van der Waals surface area contributed by atoms with Crippen LogP contribution in [0.4, 0.5) is 0 Å². The van der Waals surface area contributed by atoms with Crippen LogP contribution in [0.1, 0.15) is 30.5 Å². The molecule has 4 heterocycles. The summed E-state index contributed by atoms with van der Waals surface area (Å²) in [6.07, 6.45) is 5.47. The number of fused-ring (bicyclic) bond motifs is 2. The van der Waals surface area contributed by atoms with Crippen LogP contribution >= 0.6 is 0 Å². The van der Waals surface area contributed by atoms with E-state index < -0.39 is 11.8 Å². The molecule has 5 rings (SSSR count). The number of carbonyl (C=O) groups excluding carboxylic acids is 2. The monoisotopic (exact) mass is 459 g/mol. The quantitative estimate of drug-likeness (QED) is 0.353. The maximum atomic E-state index is 13.4. The standard InChI is InChI=1S/C26H25N3O5/c1-15(2)33-26(31)22-23(30)21(12-17-13-28-24-20(17)5-4-9-27-24)34-25(22)29-10-8-16-6-7-19(32-3)11-18(16)14-29/h4-7,9,11-13,15H,8,10,14H2,1-3H3,(H,27,28). The minimum Gasteiger partial charge on any atom is -0.497 e. The molecule has 2 aliphatic rings. The summed E-state index contributed by atoms with van der Waals surface area (Å²) in [7, 11) is 1.63. The van der Waals surface area contributed by atoms with Gasteiger partial charge in [-0.3, -0.25) is 4.79 Å². The lowest BCUT2D eigenvalue weighted by molar-refractivity contribution is -0.143. The van der Waals surface area contributed by atoms with Crippen LogP contribution < -0.4 is 4.74 Å². The van der Waals surface area contributed by atoms with Gasteiger partial charge in [-0.1, -0.05) is 6.07 Å². The number of nitrogens with one attached hydrogen (secondary N) is 1. The van der Waals surface area contributed by atoms with Gasteiger partial charge in [0.15, 0.2) is 11.3 Å². The van der Waals surface area contributed by atoms with E-state index in [2.05, 4.69) is 9.97 Å². The van der Waals surface area contributed by atoms with Gasteiger partial charge in [-0.05, 0) is 61.7 Å². The number of hydrogen-bond acceptors (Lipinski definition) is 7. The summed E-state index contributed by atoms with van der Waals surface area (Å²) in [4.78, 5) is 35.6. The van der Waals surface area contributed by atoms with E-state index in [-0.39, 0.29) is 23.3 Å². The number of esters is 1. The number of nitrogens with zero attached hydrogens (tertiary/aromatic N) is 2. The fraction of sp³-hybridized carbons (Fsp3) is 0.269. The van der Waals surface area contributed by atoms with Gasteiger partial charge in [0.1, 0.15) is 11.4 Å². The van der Waals surface area contributed by atoms with Gasteiger partial charge in [0.25, 0.3) is 0 Å². The van der Waals surface area contributed by atoms with Crippen molar-refractivity contribution in [1.29, 1.82) is 0 Å². The molecule has 0 amide bonds. The average molecular weight is 460 g/mol. The number of benzene rings is 1. The highest BCUT2D eigenvalue weighted by molar-refractivity contribution is 6.26. The summed E-state index contributed by atoms with van der Waals surface area (Å²) in [5, 5.41) is 0.852. The molecule has 0 spiro atoms. The molecule has 0 atom stereocenters. The van der Waals surface area contributed by atoms with Crippen LogP contribution in [0.3, 0.4) is 0 Å². The minimum atomic E-state index is -0.685. The van der Waals surface area contributed by atoms with Crippen molar-refractivity contribution in [2.24, 2.45) is 0 Å². The van der Waals surface area contributed by atoms with E-state index in [1.807, 2.05) is 35.2 Å². The first-order valence-corrected chi connectivity index (χ1v) is 11.2. The van der Waals surface area contributed by atoms with Crippen LogP contribution in [0, 0.1) is 0 Å². The zero-order valence-corrected chi connectivity index (χ0v) is 19.3. The lowest BCUT2D eigenvalue weighted by Crippen LogP contribution is -2.32. The number of ether oxygens (including phenoxy) is 3. The molecule has 0 fully saturated rings. The first-order chi connectivity index (χ1) is 16.4. The van der Waals surface area contributed by atoms with Crippen LogP contribution in [-0.4, -0.2) is 46.4 Å². The number of Topliss-reactive ketones (excluding diaryl/α,β-unsaturated/α-hetero) is 1. The maximum Gasteiger partial charge on any atom is 0.348 e. The topological polar surface area (TPSA) is 93.8 Å². The van der Waals surface area contributed by atoms with Crippen molar-refractivity contribution in [1.82, 2.24) is 14.9 Å². The third kappa shape index (κ3) is 3.91. The number of aromatic amines is 1. The van der Waals surface area contributed by atoms with Crippen molar-refractivity contribution in [3.8, 4) is 5.75 Å². The van der Waals surface area contributed by atoms with Gasteiger partial charge in [-0.25, -0.2) is 9.78 Å². The van der Waals surface area contributed by atoms with Crippen molar-refractivity contribution in [3.63, 3.8) is 0 Å². The molecule has 2 aromatic heterocycles. The third-order valence-corrected chi connectivity index (χ3v) is 5.90. The van der Waals surface area contributed by atoms with Gasteiger partial charge in [-0.15, -0.1) is 0 Å². The van der Waals surface area contributed by atoms with Gasteiger partial charge in [0, 0.05) is 36.4 Å². The summed E-state index contributed by atoms with van der Waals surface area (Å²) in [6, 6.07) is 9.68. The lowest BCUT2D eigenvalue weighted by atomic mass is 9.99. The van der Waals surface area contributed by atoms with Crippen LogP contribution in [-0.2, 0) is 32.0 Å². The molecular weight excluding hydrogens is 434 g/mol. The lowest BCUT2D eigenvalue weighted by Gasteiger charge is -2.31. The second-order valence-electron chi connectivity index (χ2n) is 8.52. The zero-order chi connectivity index (χ0) is 23.8. The van der Waals surface area contributed by atoms with Gasteiger partial charge in [0.05, 0.1) is 13.2 Å². The number of rotatable bonds is 5. The molecule has 0 saturated carbocycles. The molecular formula is C26H25N3O5. The third-order valence-electron chi connectivity index (χ3n) is 5.90. The summed E-state index contributed by atoms with van der Waals surface area (Å²) in [6.45, 7) is 4.58. The Labute approximate surface area is 196 Å². The largest absolute Gasteiger partial charge is 0.497 e. The van der Waals surface area contributed by atoms with E-state index in [4.69, 9.17) is 14.2 Å². The Kier molecular flexibility index (Phi) is 5.57. The summed E-state index contributed by atoms with van der Waals surface area (Å²) >= 11 is 0. The Morgan fingerprint density at radius 1 is 1.26 bits per heavy atom. The van der Waals surface area contributed by atoms with Gasteiger partial charge < -0.3 is 24.1 Å². The highest BCUT2D eigenvalue weighted by Gasteiger charge is 2.40. The molecule has 0 unspecified atom stereocenters. The van der Waals surface area contributed by atoms with Gasteiger partial charge >= 0.3 is 5.97 Å². The predicted molar refractivity (Wildman–Crippen MR) is 126 cm³/mol. The first-order valence-electron chi connectivity index (χ1n) is 11.2. The molecule has 2 aliphatic heterocycles. The number of carbonyl (C=O) groups is 2. The molecule has 3 aromatic rings. The minimum absolute atomic E-state index is 0.0758. The van der Waals surface area contributed by atoms with Crippen molar-refractivity contribution >= 4 is 28.9 Å². The SMILES string of the molecule is COc1ccc2c(c1)CN(C1=C(C(=O)OC(C)C)C(=O)C(=Cc3c[nH]c4ncccc34)O1)CC2. The van der Waals surface area contributed by atoms with Crippen LogP contribution in [0.2, 0.25) is 0 Å². The molecule has 0 bridgehead atoms. The Balaban J connectivity index is 1.52. The zero-order valence-electron chi connectivity index (χ0n) is 19.3. The summed E-state index contributed by atoms with van der Waals surface area (Å²) in [5.41, 5.74) is 3.64. The number of aromatic nitrogens is 2. The smallest absolute Gasteiger partial charge is 0.348 e. The van der Waals surface area contributed by atoms with Gasteiger partial charge in [0.2, 0.25) is 11.7 Å². The second-order valence-corrected chi connectivity index (χ2v) is 8.52. The van der Waals surface area contributed by atoms with Gasteiger partial charge in [-0.2, -0.15) is 0 Å². The van der Waals surface area contributed by atoms with Crippen LogP contribution in [0.25, 0.3) is 17.1 Å². The normalized spacial score (nSPS) is 16.9. The molecule has 8 heteroatoms. The predicted octanol–water partition coefficient (Wildman–Crippen LogP) is 3.73. The molecule has 1 aromatic carbocycles. The molecule has 0 radical (unpaired) electrons. The summed E-state index contributed by atoms with van der Waals surface area (Å²) in [5.74, 6) is -0.114. The van der Waals surface area contributed by atoms with E-state index in [1.165, 1.54) is 5.56 Å². The Morgan fingerprint density at radius 3 is 2.91 bits per heavy atom. The summed E-state index contributed by atoms with van der Waals surface area (Å²) < 4.78 is 16.8. The molecule has 34 heavy (non-hydrogen) atoms. The van der Waals surface area contributed by atoms with E-state index in [1.54, 1.807) is 39.4 Å². The first kappa shape index (κ1) is 21.8. The fourth-order valence-corrected chi connectivity index (χ4v) is 4.26. The highest BCUT2D eigenvalue weighted by Crippen LogP contribution is 2.34. The van der Waals surface area contributed by atoms with Crippen LogP contribution in [0.15, 0.2) is 59.9 Å². The molecule has 1 N–H and O–H groups in total. The van der Waals surface area contributed by atoms with E-state index >= 15 is 0 Å².